The van der Waals surface area contributed by atoms with Crippen LogP contribution in [0.5, 0.6) is 0 Å². The summed E-state index contributed by atoms with van der Waals surface area (Å²) in [5.41, 5.74) is 7.66. The lowest BCUT2D eigenvalue weighted by Crippen LogP contribution is -1.99. The van der Waals surface area contributed by atoms with Crippen molar-refractivity contribution in [2.24, 2.45) is 0 Å². The van der Waals surface area contributed by atoms with Gasteiger partial charge in [-0.3, -0.25) is 0 Å². The minimum atomic E-state index is 0.457. The Morgan fingerprint density at radius 3 is 2.61 bits per heavy atom. The summed E-state index contributed by atoms with van der Waals surface area (Å²) in [4.78, 5) is 4.36. The molecule has 2 heterocycles. The fourth-order valence-corrected chi connectivity index (χ4v) is 1.78. The molecular formula is C13H9N5. The number of rotatable bonds is 1. The topological polar surface area (TPSA) is 80.0 Å². The number of benzene rings is 1. The summed E-state index contributed by atoms with van der Waals surface area (Å²) in [5.74, 6) is 1.02. The van der Waals surface area contributed by atoms with E-state index in [0.29, 0.717) is 22.9 Å². The molecule has 0 spiro atoms. The Labute approximate surface area is 103 Å². The van der Waals surface area contributed by atoms with Gasteiger partial charge in [-0.1, -0.05) is 30.3 Å². The van der Waals surface area contributed by atoms with Crippen LogP contribution in [-0.4, -0.2) is 14.6 Å². The highest BCUT2D eigenvalue weighted by atomic mass is 15.3. The van der Waals surface area contributed by atoms with Crippen LogP contribution < -0.4 is 5.73 Å². The molecule has 0 aliphatic carbocycles. The second kappa shape index (κ2) is 3.86. The number of aromatic nitrogens is 3. The van der Waals surface area contributed by atoms with E-state index in [1.54, 1.807) is 12.1 Å². The number of pyridine rings is 1. The van der Waals surface area contributed by atoms with Crippen molar-refractivity contribution in [1.29, 1.82) is 5.26 Å². The van der Waals surface area contributed by atoms with E-state index < -0.39 is 0 Å². The summed E-state index contributed by atoms with van der Waals surface area (Å²) in [6.45, 7) is 0. The molecule has 18 heavy (non-hydrogen) atoms. The maximum absolute atomic E-state index is 9.03. The fourth-order valence-electron chi connectivity index (χ4n) is 1.78. The van der Waals surface area contributed by atoms with E-state index in [1.807, 2.05) is 30.3 Å². The lowest BCUT2D eigenvalue weighted by atomic mass is 10.2. The summed E-state index contributed by atoms with van der Waals surface area (Å²) in [6, 6.07) is 15.0. The maximum atomic E-state index is 9.03. The zero-order valence-electron chi connectivity index (χ0n) is 9.41. The number of fused-ring (bicyclic) bond motifs is 1. The fraction of sp³-hybridized carbons (Fsp3) is 0. The predicted molar refractivity (Wildman–Crippen MR) is 67.6 cm³/mol. The summed E-state index contributed by atoms with van der Waals surface area (Å²) >= 11 is 0. The van der Waals surface area contributed by atoms with Crippen molar-refractivity contribution in [2.45, 2.75) is 0 Å². The molecule has 0 radical (unpaired) electrons. The largest absolute Gasteiger partial charge is 0.384 e. The number of hydrogen-bond donors (Lipinski definition) is 1. The van der Waals surface area contributed by atoms with Crippen LogP contribution in [0.3, 0.4) is 0 Å². The normalized spacial score (nSPS) is 10.4. The van der Waals surface area contributed by atoms with Crippen molar-refractivity contribution in [3.8, 4) is 17.5 Å². The smallest absolute Gasteiger partial charge is 0.182 e. The zero-order valence-corrected chi connectivity index (χ0v) is 9.41. The van der Waals surface area contributed by atoms with E-state index in [4.69, 9.17) is 11.0 Å². The highest BCUT2D eigenvalue weighted by molar-refractivity contribution is 5.64. The predicted octanol–water partition coefficient (Wildman–Crippen LogP) is 1.85. The molecule has 2 N–H and O–H groups in total. The first-order chi connectivity index (χ1) is 8.79. The first-order valence-electron chi connectivity index (χ1n) is 5.40. The molecule has 0 aliphatic rings. The van der Waals surface area contributed by atoms with Crippen molar-refractivity contribution in [2.75, 3.05) is 5.73 Å². The van der Waals surface area contributed by atoms with E-state index in [9.17, 15) is 0 Å². The Kier molecular flexibility index (Phi) is 2.21. The molecule has 3 aromatic rings. The molecule has 1 aromatic carbocycles. The third-order valence-electron chi connectivity index (χ3n) is 2.67. The molecule has 0 bridgehead atoms. The van der Waals surface area contributed by atoms with E-state index >= 15 is 0 Å². The second-order valence-electron chi connectivity index (χ2n) is 3.82. The van der Waals surface area contributed by atoms with Gasteiger partial charge in [-0.25, -0.2) is 4.98 Å². The van der Waals surface area contributed by atoms with E-state index in [2.05, 4.69) is 16.2 Å². The van der Waals surface area contributed by atoms with Crippen molar-refractivity contribution >= 4 is 11.5 Å². The average Bonchev–Trinajstić information content (AvgIpc) is 2.86. The molecule has 0 unspecified atom stereocenters. The first kappa shape index (κ1) is 10.3. The molecule has 0 aliphatic heterocycles. The molecule has 0 fully saturated rings. The molecule has 5 heteroatoms. The van der Waals surface area contributed by atoms with Crippen LogP contribution in [0.25, 0.3) is 17.0 Å². The quantitative estimate of drug-likeness (QED) is 0.698. The number of nitriles is 1. The van der Waals surface area contributed by atoms with Crippen molar-refractivity contribution in [3.05, 3.63) is 48.0 Å². The van der Waals surface area contributed by atoms with Crippen LogP contribution in [0.4, 0.5) is 5.82 Å². The van der Waals surface area contributed by atoms with Crippen molar-refractivity contribution < 1.29 is 0 Å². The van der Waals surface area contributed by atoms with Gasteiger partial charge in [0.2, 0.25) is 0 Å². The van der Waals surface area contributed by atoms with Gasteiger partial charge in [0.05, 0.1) is 5.56 Å². The van der Waals surface area contributed by atoms with Gasteiger partial charge in [0, 0.05) is 5.56 Å². The number of anilines is 1. The van der Waals surface area contributed by atoms with Crippen LogP contribution in [-0.2, 0) is 0 Å². The Balaban J connectivity index is 2.30. The van der Waals surface area contributed by atoms with Gasteiger partial charge in [0.15, 0.2) is 11.5 Å². The van der Waals surface area contributed by atoms with Gasteiger partial charge in [-0.15, -0.1) is 5.10 Å². The van der Waals surface area contributed by atoms with Crippen LogP contribution in [0.15, 0.2) is 42.5 Å². The molecule has 5 nitrogen and oxygen atoms in total. The number of nitrogens with zero attached hydrogens (tertiary/aromatic N) is 4. The molecule has 2 aromatic heterocycles. The lowest BCUT2D eigenvalue weighted by molar-refractivity contribution is 0.976. The van der Waals surface area contributed by atoms with Gasteiger partial charge in [-0.2, -0.15) is 9.78 Å². The number of nitrogen functional groups attached to an aromatic ring is 1. The molecule has 0 saturated carbocycles. The van der Waals surface area contributed by atoms with Crippen molar-refractivity contribution in [3.63, 3.8) is 0 Å². The maximum Gasteiger partial charge on any atom is 0.182 e. The Morgan fingerprint density at radius 1 is 1.11 bits per heavy atom. The van der Waals surface area contributed by atoms with Crippen LogP contribution in [0.2, 0.25) is 0 Å². The molecular weight excluding hydrogens is 226 g/mol. The van der Waals surface area contributed by atoms with Crippen LogP contribution in [0.1, 0.15) is 5.56 Å². The highest BCUT2D eigenvalue weighted by Gasteiger charge is 2.11. The van der Waals surface area contributed by atoms with E-state index in [0.717, 1.165) is 5.56 Å². The monoisotopic (exact) mass is 235 g/mol. The number of hydrogen-bond acceptors (Lipinski definition) is 4. The van der Waals surface area contributed by atoms with Gasteiger partial charge >= 0.3 is 0 Å². The standard InChI is InChI=1S/C13H9N5/c14-8-10-6-7-11(15)18-13(10)16-12(17-18)9-4-2-1-3-5-9/h1-7H,15H2. The lowest BCUT2D eigenvalue weighted by Gasteiger charge is -1.97. The molecule has 3 rings (SSSR count). The zero-order chi connectivity index (χ0) is 12.5. The van der Waals surface area contributed by atoms with Crippen LogP contribution in [0, 0.1) is 11.3 Å². The summed E-state index contributed by atoms with van der Waals surface area (Å²) in [5, 5.41) is 13.4. The van der Waals surface area contributed by atoms with Gasteiger partial charge in [0.1, 0.15) is 11.9 Å². The van der Waals surface area contributed by atoms with Gasteiger partial charge in [0.25, 0.3) is 0 Å². The summed E-state index contributed by atoms with van der Waals surface area (Å²) in [7, 11) is 0. The Morgan fingerprint density at radius 2 is 1.89 bits per heavy atom. The summed E-state index contributed by atoms with van der Waals surface area (Å²) < 4.78 is 1.49. The summed E-state index contributed by atoms with van der Waals surface area (Å²) in [6.07, 6.45) is 0. The van der Waals surface area contributed by atoms with E-state index in [1.165, 1.54) is 4.52 Å². The third kappa shape index (κ3) is 1.48. The Bertz CT molecular complexity index is 752. The molecule has 0 saturated heterocycles. The SMILES string of the molecule is N#Cc1ccc(N)n2nc(-c3ccccc3)nc12. The van der Waals surface area contributed by atoms with E-state index in [-0.39, 0.29) is 0 Å². The van der Waals surface area contributed by atoms with Crippen molar-refractivity contribution in [1.82, 2.24) is 14.6 Å². The minimum Gasteiger partial charge on any atom is -0.384 e. The average molecular weight is 235 g/mol. The molecule has 0 amide bonds. The third-order valence-corrected chi connectivity index (χ3v) is 2.67. The molecule has 86 valence electrons. The first-order valence-corrected chi connectivity index (χ1v) is 5.40. The second-order valence-corrected chi connectivity index (χ2v) is 3.82. The Hall–Kier alpha value is -2.87. The van der Waals surface area contributed by atoms with Gasteiger partial charge in [-0.05, 0) is 12.1 Å². The minimum absolute atomic E-state index is 0.457. The van der Waals surface area contributed by atoms with Gasteiger partial charge < -0.3 is 5.73 Å². The number of nitrogens with two attached hydrogens (primary N) is 1. The highest BCUT2D eigenvalue weighted by Crippen LogP contribution is 2.19. The molecule has 0 atom stereocenters. The van der Waals surface area contributed by atoms with Crippen LogP contribution >= 0.6 is 0 Å².